The van der Waals surface area contributed by atoms with Crippen molar-refractivity contribution in [1.29, 1.82) is 5.26 Å². The van der Waals surface area contributed by atoms with Crippen molar-refractivity contribution in [3.05, 3.63) is 0 Å². The standard InChI is InChI=1S/C10H12N2O2/c11-7-10(5-1-2-6-10)12-8(13)3-4-9(12)14/h1-6H2. The van der Waals surface area contributed by atoms with Gasteiger partial charge in [0, 0.05) is 12.8 Å². The van der Waals surface area contributed by atoms with Gasteiger partial charge in [-0.15, -0.1) is 0 Å². The molecule has 2 rings (SSSR count). The molecular weight excluding hydrogens is 180 g/mol. The van der Waals surface area contributed by atoms with E-state index in [0.717, 1.165) is 12.8 Å². The summed E-state index contributed by atoms with van der Waals surface area (Å²) >= 11 is 0. The highest BCUT2D eigenvalue weighted by atomic mass is 16.2. The lowest BCUT2D eigenvalue weighted by atomic mass is 9.97. The van der Waals surface area contributed by atoms with Gasteiger partial charge in [0.15, 0.2) is 0 Å². The van der Waals surface area contributed by atoms with Crippen LogP contribution in [0.1, 0.15) is 38.5 Å². The highest BCUT2D eigenvalue weighted by Gasteiger charge is 2.48. The normalized spacial score (nSPS) is 25.5. The fourth-order valence-electron chi connectivity index (χ4n) is 2.40. The van der Waals surface area contributed by atoms with E-state index in [2.05, 4.69) is 6.07 Å². The van der Waals surface area contributed by atoms with Crippen LogP contribution in [0.2, 0.25) is 0 Å². The van der Waals surface area contributed by atoms with E-state index in [0.29, 0.717) is 12.8 Å². The maximum Gasteiger partial charge on any atom is 0.231 e. The van der Waals surface area contributed by atoms with Crippen molar-refractivity contribution in [3.63, 3.8) is 0 Å². The van der Waals surface area contributed by atoms with E-state index in [1.54, 1.807) is 0 Å². The molecule has 1 saturated carbocycles. The molecule has 0 atom stereocenters. The molecule has 2 amide bonds. The fourth-order valence-corrected chi connectivity index (χ4v) is 2.40. The minimum atomic E-state index is -0.801. The van der Waals surface area contributed by atoms with E-state index < -0.39 is 5.54 Å². The summed E-state index contributed by atoms with van der Waals surface area (Å²) in [4.78, 5) is 24.2. The van der Waals surface area contributed by atoms with Crippen molar-refractivity contribution in [2.75, 3.05) is 0 Å². The largest absolute Gasteiger partial charge is 0.274 e. The van der Waals surface area contributed by atoms with E-state index in [9.17, 15) is 9.59 Å². The predicted molar refractivity (Wildman–Crippen MR) is 47.9 cm³/mol. The van der Waals surface area contributed by atoms with Crippen LogP contribution < -0.4 is 0 Å². The molecule has 74 valence electrons. The molecule has 1 heterocycles. The molecule has 0 aromatic rings. The van der Waals surface area contributed by atoms with Crippen molar-refractivity contribution < 1.29 is 9.59 Å². The van der Waals surface area contributed by atoms with Gasteiger partial charge in [-0.05, 0) is 25.7 Å². The lowest BCUT2D eigenvalue weighted by Crippen LogP contribution is -2.48. The summed E-state index contributed by atoms with van der Waals surface area (Å²) < 4.78 is 0. The van der Waals surface area contributed by atoms with Gasteiger partial charge in [-0.1, -0.05) is 0 Å². The number of rotatable bonds is 1. The Morgan fingerprint density at radius 3 is 2.07 bits per heavy atom. The van der Waals surface area contributed by atoms with Gasteiger partial charge < -0.3 is 0 Å². The Morgan fingerprint density at radius 2 is 1.64 bits per heavy atom. The van der Waals surface area contributed by atoms with Gasteiger partial charge in [0.1, 0.15) is 5.54 Å². The lowest BCUT2D eigenvalue weighted by Gasteiger charge is -2.30. The molecular formula is C10H12N2O2. The third-order valence-corrected chi connectivity index (χ3v) is 3.12. The molecule has 1 aliphatic carbocycles. The van der Waals surface area contributed by atoms with Gasteiger partial charge in [-0.25, -0.2) is 0 Å². The van der Waals surface area contributed by atoms with Crippen LogP contribution in [-0.2, 0) is 9.59 Å². The zero-order valence-corrected chi connectivity index (χ0v) is 7.95. The lowest BCUT2D eigenvalue weighted by molar-refractivity contribution is -0.143. The number of nitriles is 1. The fraction of sp³-hybridized carbons (Fsp3) is 0.700. The maximum absolute atomic E-state index is 11.5. The molecule has 14 heavy (non-hydrogen) atoms. The molecule has 0 spiro atoms. The van der Waals surface area contributed by atoms with Crippen LogP contribution in [0.25, 0.3) is 0 Å². The summed E-state index contributed by atoms with van der Waals surface area (Å²) in [6.07, 6.45) is 3.74. The Balaban J connectivity index is 2.32. The number of likely N-dealkylation sites (tertiary alicyclic amines) is 1. The molecule has 0 N–H and O–H groups in total. The second-order valence-corrected chi connectivity index (χ2v) is 3.97. The monoisotopic (exact) mass is 192 g/mol. The first-order valence-electron chi connectivity index (χ1n) is 4.97. The number of carbonyl (C=O) groups is 2. The Labute approximate surface area is 82.5 Å². The minimum Gasteiger partial charge on any atom is -0.274 e. The number of hydrogen-bond donors (Lipinski definition) is 0. The van der Waals surface area contributed by atoms with Crippen molar-refractivity contribution in [2.24, 2.45) is 0 Å². The first-order valence-corrected chi connectivity index (χ1v) is 4.97. The number of hydrogen-bond acceptors (Lipinski definition) is 3. The van der Waals surface area contributed by atoms with Gasteiger partial charge >= 0.3 is 0 Å². The van der Waals surface area contributed by atoms with Crippen molar-refractivity contribution in [2.45, 2.75) is 44.1 Å². The van der Waals surface area contributed by atoms with E-state index >= 15 is 0 Å². The average Bonchev–Trinajstić information content (AvgIpc) is 2.75. The molecule has 0 unspecified atom stereocenters. The molecule has 2 aliphatic rings. The molecule has 0 bridgehead atoms. The first kappa shape index (κ1) is 9.20. The van der Waals surface area contributed by atoms with Gasteiger partial charge in [0.05, 0.1) is 6.07 Å². The van der Waals surface area contributed by atoms with Crippen molar-refractivity contribution >= 4 is 11.8 Å². The minimum absolute atomic E-state index is 0.168. The van der Waals surface area contributed by atoms with Gasteiger partial charge in [-0.3, -0.25) is 14.5 Å². The summed E-state index contributed by atoms with van der Waals surface area (Å²) in [5, 5.41) is 9.12. The van der Waals surface area contributed by atoms with Crippen LogP contribution in [0.5, 0.6) is 0 Å². The van der Waals surface area contributed by atoms with Crippen LogP contribution in [0, 0.1) is 11.3 Å². The van der Waals surface area contributed by atoms with Gasteiger partial charge in [0.2, 0.25) is 11.8 Å². The number of nitrogens with zero attached hydrogens (tertiary/aromatic N) is 2. The molecule has 0 aromatic carbocycles. The summed E-state index contributed by atoms with van der Waals surface area (Å²) in [6, 6.07) is 2.16. The van der Waals surface area contributed by atoms with Crippen LogP contribution in [0.4, 0.5) is 0 Å². The van der Waals surface area contributed by atoms with E-state index in [1.807, 2.05) is 0 Å². The second kappa shape index (κ2) is 3.09. The zero-order chi connectivity index (χ0) is 10.2. The third-order valence-electron chi connectivity index (χ3n) is 3.12. The molecule has 0 aromatic heterocycles. The van der Waals surface area contributed by atoms with E-state index in [4.69, 9.17) is 5.26 Å². The maximum atomic E-state index is 11.5. The van der Waals surface area contributed by atoms with E-state index in [-0.39, 0.29) is 24.7 Å². The Kier molecular flexibility index (Phi) is 2.03. The first-order chi connectivity index (χ1) is 6.69. The molecule has 1 saturated heterocycles. The Morgan fingerprint density at radius 1 is 1.14 bits per heavy atom. The Hall–Kier alpha value is -1.37. The highest BCUT2D eigenvalue weighted by molar-refractivity contribution is 6.03. The summed E-state index contributed by atoms with van der Waals surface area (Å²) in [6.45, 7) is 0. The molecule has 1 aliphatic heterocycles. The summed E-state index contributed by atoms with van der Waals surface area (Å²) in [7, 11) is 0. The van der Waals surface area contributed by atoms with Gasteiger partial charge in [-0.2, -0.15) is 5.26 Å². The molecule has 4 heteroatoms. The van der Waals surface area contributed by atoms with E-state index in [1.165, 1.54) is 4.90 Å². The van der Waals surface area contributed by atoms with Crippen molar-refractivity contribution in [3.8, 4) is 6.07 Å². The summed E-state index contributed by atoms with van der Waals surface area (Å²) in [5.41, 5.74) is -0.801. The van der Waals surface area contributed by atoms with Gasteiger partial charge in [0.25, 0.3) is 0 Å². The number of carbonyl (C=O) groups excluding carboxylic acids is 2. The van der Waals surface area contributed by atoms with Crippen LogP contribution in [-0.4, -0.2) is 22.3 Å². The SMILES string of the molecule is N#CC1(N2C(=O)CCC2=O)CCCC1. The Bertz CT molecular complexity index is 308. The third kappa shape index (κ3) is 1.12. The summed E-state index contributed by atoms with van der Waals surface area (Å²) in [5.74, 6) is -0.336. The smallest absolute Gasteiger partial charge is 0.231 e. The van der Waals surface area contributed by atoms with Crippen molar-refractivity contribution in [1.82, 2.24) is 4.90 Å². The molecule has 2 fully saturated rings. The highest BCUT2D eigenvalue weighted by Crippen LogP contribution is 2.37. The average molecular weight is 192 g/mol. The number of imide groups is 1. The second-order valence-electron chi connectivity index (χ2n) is 3.97. The number of amides is 2. The molecule has 4 nitrogen and oxygen atoms in total. The topological polar surface area (TPSA) is 61.2 Å². The van der Waals surface area contributed by atoms with Crippen LogP contribution in [0.3, 0.4) is 0 Å². The zero-order valence-electron chi connectivity index (χ0n) is 7.95. The van der Waals surface area contributed by atoms with Crippen LogP contribution in [0.15, 0.2) is 0 Å². The molecule has 0 radical (unpaired) electrons. The quantitative estimate of drug-likeness (QED) is 0.581. The van der Waals surface area contributed by atoms with Crippen LogP contribution >= 0.6 is 0 Å². The predicted octanol–water partition coefficient (Wildman–Crippen LogP) is 0.972.